The molecule has 0 unspecified atom stereocenters. The molecule has 0 aromatic heterocycles. The van der Waals surface area contributed by atoms with Crippen LogP contribution < -0.4 is 14.5 Å². The van der Waals surface area contributed by atoms with Crippen LogP contribution in [0.1, 0.15) is 32.6 Å². The number of ether oxygens (including phenoxy) is 1. The molecule has 0 radical (unpaired) electrons. The van der Waals surface area contributed by atoms with Crippen LogP contribution >= 0.6 is 0 Å². The number of nitrogens with one attached hydrogen (secondary N) is 1. The molecule has 4 rings (SSSR count). The fourth-order valence-corrected chi connectivity index (χ4v) is 4.83. The molecule has 6 nitrogen and oxygen atoms in total. The van der Waals surface area contributed by atoms with E-state index in [0.29, 0.717) is 13.3 Å². The number of amides is 2. The zero-order chi connectivity index (χ0) is 18.8. The molecular weight excluding hydrogens is 342 g/mol. The van der Waals surface area contributed by atoms with E-state index in [9.17, 15) is 9.59 Å². The van der Waals surface area contributed by atoms with Gasteiger partial charge >= 0.3 is 0 Å². The molecule has 0 spiro atoms. The van der Waals surface area contributed by atoms with Crippen LogP contribution in [0.4, 0.5) is 5.69 Å². The number of carbonyl (C=O) groups is 2. The molecule has 6 heteroatoms. The van der Waals surface area contributed by atoms with Gasteiger partial charge in [-0.15, -0.1) is 0 Å². The smallest absolute Gasteiger partial charge is 0.237 e. The number of likely N-dealkylation sites (tertiary alicyclic amines) is 1. The van der Waals surface area contributed by atoms with Crippen molar-refractivity contribution in [3.63, 3.8) is 0 Å². The van der Waals surface area contributed by atoms with Crippen molar-refractivity contribution in [1.29, 1.82) is 0 Å². The van der Waals surface area contributed by atoms with E-state index in [4.69, 9.17) is 4.74 Å². The highest BCUT2D eigenvalue weighted by Crippen LogP contribution is 2.37. The number of nitrogens with zero attached hydrogens (tertiary/aromatic N) is 2. The van der Waals surface area contributed by atoms with Crippen LogP contribution in [-0.2, 0) is 9.59 Å². The molecule has 1 N–H and O–H groups in total. The number of fused-ring (bicyclic) bond motifs is 1. The van der Waals surface area contributed by atoms with Gasteiger partial charge in [0.25, 0.3) is 0 Å². The summed E-state index contributed by atoms with van der Waals surface area (Å²) in [4.78, 5) is 30.6. The summed E-state index contributed by atoms with van der Waals surface area (Å²) in [6, 6.07) is 8.16. The van der Waals surface area contributed by atoms with E-state index in [1.54, 1.807) is 4.90 Å². The summed E-state index contributed by atoms with van der Waals surface area (Å²) in [6.07, 6.45) is 3.95. The van der Waals surface area contributed by atoms with Crippen LogP contribution in [0.2, 0.25) is 0 Å². The standard InChI is InChI=1S/C21H29N3O3/c1-2-27-19-10-6-5-9-18(19)23-13-11-22(12-14-23)15-24-20(25)16-7-3-4-8-17(16)21(24)26/h5-6,9-10,16-17H,2-4,7-8,11-15H2,1H3/p+1/t16-,17-/m1/s1. The van der Waals surface area contributed by atoms with Gasteiger partial charge in [-0.2, -0.15) is 0 Å². The number of hydrogen-bond acceptors (Lipinski definition) is 4. The van der Waals surface area contributed by atoms with E-state index in [1.807, 2.05) is 25.1 Å². The SMILES string of the molecule is CCOc1ccccc1N1CC[NH+](CN2C(=O)[C@@H]3CCCC[C@H]3C2=O)CC1. The zero-order valence-corrected chi connectivity index (χ0v) is 16.2. The van der Waals surface area contributed by atoms with Gasteiger partial charge in [0.05, 0.1) is 50.3 Å². The number of hydrogen-bond donors (Lipinski definition) is 1. The topological polar surface area (TPSA) is 54.3 Å². The molecular formula is C21H30N3O3+. The van der Waals surface area contributed by atoms with E-state index in [2.05, 4.69) is 11.0 Å². The van der Waals surface area contributed by atoms with Crippen LogP contribution in [0.5, 0.6) is 5.75 Å². The van der Waals surface area contributed by atoms with Gasteiger partial charge in [0.2, 0.25) is 11.8 Å². The summed E-state index contributed by atoms with van der Waals surface area (Å²) in [6.45, 7) is 6.85. The molecule has 2 heterocycles. The van der Waals surface area contributed by atoms with Gasteiger partial charge in [-0.3, -0.25) is 9.59 Å². The van der Waals surface area contributed by atoms with Crippen LogP contribution in [-0.4, -0.2) is 56.2 Å². The molecule has 2 amide bonds. The largest absolute Gasteiger partial charge is 0.492 e. The average Bonchev–Trinajstić information content (AvgIpc) is 2.95. The summed E-state index contributed by atoms with van der Waals surface area (Å²) in [5, 5.41) is 0. The highest BCUT2D eigenvalue weighted by molar-refractivity contribution is 6.05. The molecule has 2 saturated heterocycles. The van der Waals surface area contributed by atoms with E-state index < -0.39 is 0 Å². The molecule has 3 aliphatic rings. The van der Waals surface area contributed by atoms with E-state index in [1.165, 1.54) is 4.90 Å². The molecule has 27 heavy (non-hydrogen) atoms. The van der Waals surface area contributed by atoms with Crippen molar-refractivity contribution in [3.05, 3.63) is 24.3 Å². The van der Waals surface area contributed by atoms with Crippen molar-refractivity contribution in [1.82, 2.24) is 4.90 Å². The number of rotatable bonds is 5. The van der Waals surface area contributed by atoms with Crippen molar-refractivity contribution in [2.45, 2.75) is 32.6 Å². The van der Waals surface area contributed by atoms with Crippen LogP contribution in [0, 0.1) is 11.8 Å². The summed E-state index contributed by atoms with van der Waals surface area (Å²) >= 11 is 0. The predicted octanol–water partition coefficient (Wildman–Crippen LogP) is 0.923. The number of quaternary nitrogens is 1. The van der Waals surface area contributed by atoms with Crippen molar-refractivity contribution in [2.75, 3.05) is 44.4 Å². The van der Waals surface area contributed by atoms with E-state index in [-0.39, 0.29) is 23.7 Å². The normalized spacial score (nSPS) is 26.4. The van der Waals surface area contributed by atoms with Gasteiger partial charge in [0.15, 0.2) is 6.67 Å². The molecule has 0 bridgehead atoms. The Morgan fingerprint density at radius 3 is 2.30 bits per heavy atom. The minimum absolute atomic E-state index is 0.0370. The fraction of sp³-hybridized carbons (Fsp3) is 0.619. The Kier molecular flexibility index (Phi) is 5.34. The third-order valence-corrected chi connectivity index (χ3v) is 6.29. The molecule has 146 valence electrons. The third-order valence-electron chi connectivity index (χ3n) is 6.29. The van der Waals surface area contributed by atoms with Crippen molar-refractivity contribution in [3.8, 4) is 5.75 Å². The predicted molar refractivity (Wildman–Crippen MR) is 103 cm³/mol. The number of para-hydroxylation sites is 2. The minimum atomic E-state index is -0.0370. The maximum atomic E-state index is 12.7. The highest BCUT2D eigenvalue weighted by Gasteiger charge is 2.49. The van der Waals surface area contributed by atoms with Crippen molar-refractivity contribution < 1.29 is 19.2 Å². The van der Waals surface area contributed by atoms with Gasteiger partial charge in [0.1, 0.15) is 5.75 Å². The lowest BCUT2D eigenvalue weighted by atomic mass is 9.81. The summed E-state index contributed by atoms with van der Waals surface area (Å²) < 4.78 is 5.76. The highest BCUT2D eigenvalue weighted by atomic mass is 16.5. The summed E-state index contributed by atoms with van der Waals surface area (Å²) in [5.74, 6) is 1.02. The number of benzene rings is 1. The molecule has 1 saturated carbocycles. The van der Waals surface area contributed by atoms with Crippen molar-refractivity contribution >= 4 is 17.5 Å². The Bertz CT molecular complexity index is 676. The lowest BCUT2D eigenvalue weighted by molar-refractivity contribution is -0.908. The van der Waals surface area contributed by atoms with Crippen LogP contribution in [0.25, 0.3) is 0 Å². The number of imide groups is 1. The Morgan fingerprint density at radius 1 is 1.04 bits per heavy atom. The van der Waals surface area contributed by atoms with E-state index in [0.717, 1.165) is 63.3 Å². The Balaban J connectivity index is 1.36. The van der Waals surface area contributed by atoms with Crippen LogP contribution in [0.15, 0.2) is 24.3 Å². The van der Waals surface area contributed by atoms with Gasteiger partial charge in [0, 0.05) is 0 Å². The number of anilines is 1. The first-order valence-corrected chi connectivity index (χ1v) is 10.3. The molecule has 3 fully saturated rings. The lowest BCUT2D eigenvalue weighted by Crippen LogP contribution is -3.16. The maximum Gasteiger partial charge on any atom is 0.237 e. The van der Waals surface area contributed by atoms with Gasteiger partial charge in [-0.1, -0.05) is 25.0 Å². The van der Waals surface area contributed by atoms with E-state index >= 15 is 0 Å². The van der Waals surface area contributed by atoms with Gasteiger partial charge in [-0.25, -0.2) is 4.90 Å². The monoisotopic (exact) mass is 372 g/mol. The Hall–Kier alpha value is -2.08. The van der Waals surface area contributed by atoms with Gasteiger partial charge < -0.3 is 14.5 Å². The zero-order valence-electron chi connectivity index (χ0n) is 16.2. The first-order valence-electron chi connectivity index (χ1n) is 10.3. The molecule has 1 aliphatic carbocycles. The second-order valence-corrected chi connectivity index (χ2v) is 7.90. The van der Waals surface area contributed by atoms with Crippen molar-refractivity contribution in [2.24, 2.45) is 11.8 Å². The second kappa shape index (κ2) is 7.89. The number of carbonyl (C=O) groups excluding carboxylic acids is 2. The number of piperazine rings is 1. The molecule has 1 aromatic carbocycles. The lowest BCUT2D eigenvalue weighted by Gasteiger charge is -2.35. The first kappa shape index (κ1) is 18.3. The Labute approximate surface area is 161 Å². The molecule has 1 aromatic rings. The van der Waals surface area contributed by atoms with Crippen LogP contribution in [0.3, 0.4) is 0 Å². The first-order chi connectivity index (χ1) is 13.2. The summed E-state index contributed by atoms with van der Waals surface area (Å²) in [7, 11) is 0. The molecule has 2 aliphatic heterocycles. The quantitative estimate of drug-likeness (QED) is 0.781. The minimum Gasteiger partial charge on any atom is -0.492 e. The van der Waals surface area contributed by atoms with Gasteiger partial charge in [-0.05, 0) is 31.9 Å². The maximum absolute atomic E-state index is 12.7. The Morgan fingerprint density at radius 2 is 1.67 bits per heavy atom. The fourth-order valence-electron chi connectivity index (χ4n) is 4.83. The summed E-state index contributed by atoms with van der Waals surface area (Å²) in [5.41, 5.74) is 1.14. The molecule has 2 atom stereocenters. The third kappa shape index (κ3) is 3.55. The second-order valence-electron chi connectivity index (χ2n) is 7.90. The average molecular weight is 372 g/mol.